The molecular weight excluding hydrogens is 288 g/mol. The van der Waals surface area contributed by atoms with Crippen molar-refractivity contribution in [3.63, 3.8) is 0 Å². The zero-order valence-corrected chi connectivity index (χ0v) is 13.2. The predicted octanol–water partition coefficient (Wildman–Crippen LogP) is 3.45. The topological polar surface area (TPSA) is 49.4 Å². The number of carbonyl (C=O) groups excluding carboxylic acids is 2. The highest BCUT2D eigenvalue weighted by molar-refractivity contribution is 6.11. The van der Waals surface area contributed by atoms with Crippen LogP contribution in [0.5, 0.6) is 0 Å². The molecule has 2 aromatic carbocycles. The average molecular weight is 306 g/mol. The Hall–Kier alpha value is -2.88. The number of fused-ring (bicyclic) bond motifs is 1. The van der Waals surface area contributed by atoms with E-state index in [1.54, 1.807) is 13.0 Å². The largest absolute Gasteiger partial charge is 0.324 e. The van der Waals surface area contributed by atoms with Crippen molar-refractivity contribution in [2.75, 3.05) is 5.32 Å². The SMILES string of the molecule is C=C1c2ccccc2C(=O)N1[C@@H](C)C(=O)Nc1cccc(C)c1. The molecule has 3 rings (SSSR count). The van der Waals surface area contributed by atoms with E-state index in [9.17, 15) is 9.59 Å². The van der Waals surface area contributed by atoms with Gasteiger partial charge in [-0.3, -0.25) is 14.5 Å². The van der Waals surface area contributed by atoms with Crippen LogP contribution in [-0.4, -0.2) is 22.8 Å². The highest BCUT2D eigenvalue weighted by Gasteiger charge is 2.36. The van der Waals surface area contributed by atoms with Gasteiger partial charge in [0, 0.05) is 22.5 Å². The van der Waals surface area contributed by atoms with E-state index in [-0.39, 0.29) is 11.8 Å². The number of amides is 2. The minimum absolute atomic E-state index is 0.183. The zero-order chi connectivity index (χ0) is 16.6. The molecule has 4 nitrogen and oxygen atoms in total. The first-order valence-electron chi connectivity index (χ1n) is 7.48. The van der Waals surface area contributed by atoms with Crippen LogP contribution in [0.2, 0.25) is 0 Å². The van der Waals surface area contributed by atoms with E-state index in [1.807, 2.05) is 49.4 Å². The molecule has 116 valence electrons. The van der Waals surface area contributed by atoms with Gasteiger partial charge in [0.2, 0.25) is 5.91 Å². The maximum atomic E-state index is 12.5. The van der Waals surface area contributed by atoms with Crippen molar-refractivity contribution in [2.45, 2.75) is 19.9 Å². The van der Waals surface area contributed by atoms with Gasteiger partial charge in [0.15, 0.2) is 0 Å². The fourth-order valence-electron chi connectivity index (χ4n) is 2.80. The Balaban J connectivity index is 1.81. The number of nitrogens with one attached hydrogen (secondary N) is 1. The smallest absolute Gasteiger partial charge is 0.259 e. The summed E-state index contributed by atoms with van der Waals surface area (Å²) in [5, 5.41) is 2.85. The highest BCUT2D eigenvalue weighted by atomic mass is 16.2. The molecule has 0 fully saturated rings. The monoisotopic (exact) mass is 306 g/mol. The van der Waals surface area contributed by atoms with Crippen molar-refractivity contribution in [1.29, 1.82) is 0 Å². The second kappa shape index (κ2) is 5.72. The first-order valence-corrected chi connectivity index (χ1v) is 7.48. The number of nitrogens with zero attached hydrogens (tertiary/aromatic N) is 1. The fraction of sp³-hybridized carbons (Fsp3) is 0.158. The molecule has 1 atom stereocenters. The first-order chi connectivity index (χ1) is 11.0. The predicted molar refractivity (Wildman–Crippen MR) is 90.9 cm³/mol. The molecule has 0 bridgehead atoms. The second-order valence-electron chi connectivity index (χ2n) is 5.70. The van der Waals surface area contributed by atoms with Gasteiger partial charge in [0.05, 0.1) is 0 Å². The van der Waals surface area contributed by atoms with Gasteiger partial charge in [0.25, 0.3) is 5.91 Å². The Morgan fingerprint density at radius 2 is 1.83 bits per heavy atom. The average Bonchev–Trinajstić information content (AvgIpc) is 2.79. The maximum Gasteiger partial charge on any atom is 0.259 e. The van der Waals surface area contributed by atoms with E-state index in [4.69, 9.17) is 0 Å². The van der Waals surface area contributed by atoms with E-state index in [1.165, 1.54) is 4.90 Å². The van der Waals surface area contributed by atoms with Crippen molar-refractivity contribution in [3.05, 3.63) is 71.8 Å². The summed E-state index contributed by atoms with van der Waals surface area (Å²) in [5.74, 6) is -0.421. The van der Waals surface area contributed by atoms with Crippen LogP contribution in [0.1, 0.15) is 28.4 Å². The van der Waals surface area contributed by atoms with Gasteiger partial charge >= 0.3 is 0 Å². The third-order valence-electron chi connectivity index (χ3n) is 4.03. The molecule has 0 saturated heterocycles. The van der Waals surface area contributed by atoms with Gasteiger partial charge in [-0.2, -0.15) is 0 Å². The number of hydrogen-bond donors (Lipinski definition) is 1. The van der Waals surface area contributed by atoms with Crippen LogP contribution in [0, 0.1) is 6.92 Å². The van der Waals surface area contributed by atoms with Crippen LogP contribution in [0.15, 0.2) is 55.1 Å². The van der Waals surface area contributed by atoms with E-state index < -0.39 is 6.04 Å². The number of rotatable bonds is 3. The maximum absolute atomic E-state index is 12.5. The van der Waals surface area contributed by atoms with Crippen molar-refractivity contribution >= 4 is 23.2 Å². The van der Waals surface area contributed by atoms with Gasteiger partial charge in [0.1, 0.15) is 6.04 Å². The van der Waals surface area contributed by atoms with Crippen molar-refractivity contribution in [1.82, 2.24) is 4.90 Å². The molecule has 1 aliphatic rings. The summed E-state index contributed by atoms with van der Waals surface area (Å²) >= 11 is 0. The highest BCUT2D eigenvalue weighted by Crippen LogP contribution is 2.33. The van der Waals surface area contributed by atoms with E-state index >= 15 is 0 Å². The Labute approximate surface area is 135 Å². The lowest BCUT2D eigenvalue weighted by molar-refractivity contribution is -0.119. The van der Waals surface area contributed by atoms with Crippen LogP contribution in [-0.2, 0) is 4.79 Å². The molecule has 0 aliphatic carbocycles. The summed E-state index contributed by atoms with van der Waals surface area (Å²) in [7, 11) is 0. The van der Waals surface area contributed by atoms with Gasteiger partial charge < -0.3 is 5.32 Å². The van der Waals surface area contributed by atoms with E-state index in [0.717, 1.165) is 16.8 Å². The van der Waals surface area contributed by atoms with Crippen LogP contribution >= 0.6 is 0 Å². The molecule has 2 aromatic rings. The Morgan fingerprint density at radius 1 is 1.13 bits per heavy atom. The number of aryl methyl sites for hydroxylation is 1. The summed E-state index contributed by atoms with van der Waals surface area (Å²) in [5.41, 5.74) is 3.72. The molecule has 0 spiro atoms. The standard InChI is InChI=1S/C19H18N2O2/c1-12-7-6-8-15(11-12)20-18(22)14(3)21-13(2)16-9-4-5-10-17(16)19(21)23/h4-11,14H,2H2,1,3H3,(H,20,22)/t14-/m0/s1. The molecular formula is C19H18N2O2. The summed E-state index contributed by atoms with van der Waals surface area (Å²) in [6.45, 7) is 7.65. The van der Waals surface area contributed by atoms with Crippen LogP contribution in [0.25, 0.3) is 5.70 Å². The summed E-state index contributed by atoms with van der Waals surface area (Å²) in [6, 6.07) is 14.2. The molecule has 0 unspecified atom stereocenters. The lowest BCUT2D eigenvalue weighted by Crippen LogP contribution is -2.41. The van der Waals surface area contributed by atoms with Gasteiger partial charge in [-0.15, -0.1) is 0 Å². The fourth-order valence-corrected chi connectivity index (χ4v) is 2.80. The molecule has 23 heavy (non-hydrogen) atoms. The Kier molecular flexibility index (Phi) is 3.74. The van der Waals surface area contributed by atoms with Crippen LogP contribution in [0.3, 0.4) is 0 Å². The van der Waals surface area contributed by atoms with E-state index in [2.05, 4.69) is 11.9 Å². The Morgan fingerprint density at radius 3 is 2.48 bits per heavy atom. The number of anilines is 1. The molecule has 4 heteroatoms. The van der Waals surface area contributed by atoms with Gasteiger partial charge in [-0.25, -0.2) is 0 Å². The van der Waals surface area contributed by atoms with Crippen LogP contribution < -0.4 is 5.32 Å². The summed E-state index contributed by atoms with van der Waals surface area (Å²) in [4.78, 5) is 26.5. The zero-order valence-electron chi connectivity index (χ0n) is 13.2. The lowest BCUT2D eigenvalue weighted by atomic mass is 10.1. The number of benzene rings is 2. The quantitative estimate of drug-likeness (QED) is 0.944. The van der Waals surface area contributed by atoms with Gasteiger partial charge in [-0.05, 0) is 37.6 Å². The molecule has 0 radical (unpaired) electrons. The van der Waals surface area contributed by atoms with Gasteiger partial charge in [-0.1, -0.05) is 36.9 Å². The summed E-state index contributed by atoms with van der Waals surface area (Å²) in [6.07, 6.45) is 0. The summed E-state index contributed by atoms with van der Waals surface area (Å²) < 4.78 is 0. The molecule has 2 amide bonds. The normalized spacial score (nSPS) is 14.6. The second-order valence-corrected chi connectivity index (χ2v) is 5.70. The molecule has 1 aliphatic heterocycles. The number of hydrogen-bond acceptors (Lipinski definition) is 2. The molecule has 1 N–H and O–H groups in total. The molecule has 0 aromatic heterocycles. The third kappa shape index (κ3) is 2.63. The molecule has 0 saturated carbocycles. The van der Waals surface area contributed by atoms with E-state index in [0.29, 0.717) is 11.3 Å². The van der Waals surface area contributed by atoms with Crippen molar-refractivity contribution < 1.29 is 9.59 Å². The molecule has 1 heterocycles. The minimum Gasteiger partial charge on any atom is -0.324 e. The lowest BCUT2D eigenvalue weighted by Gasteiger charge is -2.24. The number of carbonyl (C=O) groups is 2. The first kappa shape index (κ1) is 15.0. The van der Waals surface area contributed by atoms with Crippen LogP contribution in [0.4, 0.5) is 5.69 Å². The minimum atomic E-state index is -0.636. The van der Waals surface area contributed by atoms with Crippen molar-refractivity contribution in [2.24, 2.45) is 0 Å². The third-order valence-corrected chi connectivity index (χ3v) is 4.03. The van der Waals surface area contributed by atoms with Crippen molar-refractivity contribution in [3.8, 4) is 0 Å². The Bertz CT molecular complexity index is 776.